The number of carbonyl (C=O) groups is 1. The van der Waals surface area contributed by atoms with Crippen molar-refractivity contribution >= 4 is 17.2 Å². The van der Waals surface area contributed by atoms with E-state index < -0.39 is 0 Å². The molecule has 2 saturated heterocycles. The van der Waals surface area contributed by atoms with Crippen molar-refractivity contribution in [2.75, 3.05) is 39.4 Å². The standard InChI is InChI=1S/C20H25N3O2S/c1-15-11-22(13-18(15)20(24)23-7-9-25-10-8-23)12-17-14-26-19(21-17)16-5-3-2-4-6-16/h2-6,14-15,18H,7-13H2,1H3/t15-,18-/m1/s1. The molecule has 0 spiro atoms. The van der Waals surface area contributed by atoms with Gasteiger partial charge in [0.15, 0.2) is 0 Å². The van der Waals surface area contributed by atoms with Gasteiger partial charge in [0, 0.05) is 43.7 Å². The molecule has 2 aromatic rings. The minimum Gasteiger partial charge on any atom is -0.378 e. The van der Waals surface area contributed by atoms with E-state index in [0.29, 0.717) is 25.0 Å². The highest BCUT2D eigenvalue weighted by atomic mass is 32.1. The van der Waals surface area contributed by atoms with Crippen LogP contribution >= 0.6 is 11.3 Å². The van der Waals surface area contributed by atoms with Crippen LogP contribution in [0.4, 0.5) is 0 Å². The Kier molecular flexibility index (Phi) is 5.33. The van der Waals surface area contributed by atoms with E-state index in [1.54, 1.807) is 11.3 Å². The van der Waals surface area contributed by atoms with Gasteiger partial charge < -0.3 is 9.64 Å². The summed E-state index contributed by atoms with van der Waals surface area (Å²) in [6.07, 6.45) is 0. The third-order valence-corrected chi connectivity index (χ3v) is 6.23. The van der Waals surface area contributed by atoms with Crippen molar-refractivity contribution in [1.82, 2.24) is 14.8 Å². The first-order valence-corrected chi connectivity index (χ1v) is 10.2. The first-order valence-electron chi connectivity index (χ1n) is 9.29. The lowest BCUT2D eigenvalue weighted by Crippen LogP contribution is -2.45. The summed E-state index contributed by atoms with van der Waals surface area (Å²) < 4.78 is 5.37. The van der Waals surface area contributed by atoms with Gasteiger partial charge in [-0.2, -0.15) is 0 Å². The first kappa shape index (κ1) is 17.6. The average molecular weight is 372 g/mol. The Morgan fingerprint density at radius 3 is 2.77 bits per heavy atom. The van der Waals surface area contributed by atoms with Crippen LogP contribution in [-0.2, 0) is 16.1 Å². The number of likely N-dealkylation sites (tertiary alicyclic amines) is 1. The second-order valence-electron chi connectivity index (χ2n) is 7.23. The molecule has 2 fully saturated rings. The van der Waals surface area contributed by atoms with Gasteiger partial charge in [-0.25, -0.2) is 4.98 Å². The number of carbonyl (C=O) groups excluding carboxylic acids is 1. The number of hydrogen-bond acceptors (Lipinski definition) is 5. The summed E-state index contributed by atoms with van der Waals surface area (Å²) in [5.41, 5.74) is 2.26. The fraction of sp³-hybridized carbons (Fsp3) is 0.500. The lowest BCUT2D eigenvalue weighted by atomic mass is 9.96. The molecule has 1 amide bonds. The monoisotopic (exact) mass is 371 g/mol. The van der Waals surface area contributed by atoms with Crippen LogP contribution < -0.4 is 0 Å². The molecule has 2 aliphatic rings. The predicted molar refractivity (Wildman–Crippen MR) is 103 cm³/mol. The minimum absolute atomic E-state index is 0.0975. The van der Waals surface area contributed by atoms with Gasteiger partial charge in [-0.15, -0.1) is 11.3 Å². The number of benzene rings is 1. The van der Waals surface area contributed by atoms with Crippen LogP contribution in [0.1, 0.15) is 12.6 Å². The Balaban J connectivity index is 1.38. The summed E-state index contributed by atoms with van der Waals surface area (Å²) in [6.45, 7) is 7.59. The molecule has 0 radical (unpaired) electrons. The number of thiazole rings is 1. The van der Waals surface area contributed by atoms with Crippen molar-refractivity contribution in [3.63, 3.8) is 0 Å². The van der Waals surface area contributed by atoms with Gasteiger partial charge in [0.05, 0.1) is 24.8 Å². The molecule has 3 heterocycles. The third-order valence-electron chi connectivity index (χ3n) is 5.29. The topological polar surface area (TPSA) is 45.7 Å². The molecule has 5 nitrogen and oxygen atoms in total. The van der Waals surface area contributed by atoms with E-state index in [2.05, 4.69) is 29.3 Å². The first-order chi connectivity index (χ1) is 12.7. The smallest absolute Gasteiger partial charge is 0.227 e. The molecule has 1 aromatic heterocycles. The largest absolute Gasteiger partial charge is 0.378 e. The van der Waals surface area contributed by atoms with Crippen molar-refractivity contribution < 1.29 is 9.53 Å². The van der Waals surface area contributed by atoms with Gasteiger partial charge in [-0.3, -0.25) is 9.69 Å². The Morgan fingerprint density at radius 1 is 1.23 bits per heavy atom. The molecule has 0 N–H and O–H groups in total. The van der Waals surface area contributed by atoms with Crippen LogP contribution in [-0.4, -0.2) is 60.1 Å². The predicted octanol–water partition coefficient (Wildman–Crippen LogP) is 2.74. The molecule has 6 heteroatoms. The van der Waals surface area contributed by atoms with Crippen LogP contribution in [0, 0.1) is 11.8 Å². The molecule has 1 aromatic carbocycles. The van der Waals surface area contributed by atoms with Gasteiger partial charge in [-0.05, 0) is 5.92 Å². The molecule has 0 saturated carbocycles. The maximum Gasteiger partial charge on any atom is 0.227 e. The molecule has 2 aliphatic heterocycles. The minimum atomic E-state index is 0.0975. The molecular weight excluding hydrogens is 346 g/mol. The van der Waals surface area contributed by atoms with Gasteiger partial charge in [0.1, 0.15) is 5.01 Å². The molecule has 138 valence electrons. The van der Waals surface area contributed by atoms with E-state index in [1.807, 2.05) is 23.1 Å². The van der Waals surface area contributed by atoms with E-state index >= 15 is 0 Å². The lowest BCUT2D eigenvalue weighted by molar-refractivity contribution is -0.140. The number of nitrogens with zero attached hydrogens (tertiary/aromatic N) is 3. The van der Waals surface area contributed by atoms with Crippen LogP contribution in [0.3, 0.4) is 0 Å². The zero-order valence-corrected chi connectivity index (χ0v) is 16.0. The number of amides is 1. The number of hydrogen-bond donors (Lipinski definition) is 0. The molecule has 2 atom stereocenters. The fourth-order valence-electron chi connectivity index (χ4n) is 3.86. The summed E-state index contributed by atoms with van der Waals surface area (Å²) in [6, 6.07) is 10.3. The van der Waals surface area contributed by atoms with Gasteiger partial charge >= 0.3 is 0 Å². The van der Waals surface area contributed by atoms with E-state index in [9.17, 15) is 4.79 Å². The fourth-order valence-corrected chi connectivity index (χ4v) is 4.68. The summed E-state index contributed by atoms with van der Waals surface area (Å²) in [5, 5.41) is 3.21. The highest BCUT2D eigenvalue weighted by Crippen LogP contribution is 2.28. The molecule has 4 rings (SSSR count). The zero-order chi connectivity index (χ0) is 17.9. The Hall–Kier alpha value is -1.76. The van der Waals surface area contributed by atoms with Crippen LogP contribution in [0.15, 0.2) is 35.7 Å². The average Bonchev–Trinajstić information content (AvgIpc) is 3.29. The molecule has 0 bridgehead atoms. The third kappa shape index (κ3) is 3.82. The van der Waals surface area contributed by atoms with Crippen molar-refractivity contribution in [2.24, 2.45) is 11.8 Å². The van der Waals surface area contributed by atoms with Crippen molar-refractivity contribution in [2.45, 2.75) is 13.5 Å². The molecule has 0 aliphatic carbocycles. The number of aromatic nitrogens is 1. The summed E-state index contributed by atoms with van der Waals surface area (Å²) in [7, 11) is 0. The van der Waals surface area contributed by atoms with E-state index in [4.69, 9.17) is 9.72 Å². The van der Waals surface area contributed by atoms with E-state index in [-0.39, 0.29) is 5.92 Å². The second kappa shape index (κ2) is 7.86. The summed E-state index contributed by atoms with van der Waals surface area (Å²) in [4.78, 5) is 22.0. The number of rotatable bonds is 4. The van der Waals surface area contributed by atoms with Crippen LogP contribution in [0.2, 0.25) is 0 Å². The second-order valence-corrected chi connectivity index (χ2v) is 8.08. The van der Waals surface area contributed by atoms with Gasteiger partial charge in [0.25, 0.3) is 0 Å². The highest BCUT2D eigenvalue weighted by Gasteiger charge is 2.37. The van der Waals surface area contributed by atoms with Crippen molar-refractivity contribution in [1.29, 1.82) is 0 Å². The quantitative estimate of drug-likeness (QED) is 0.829. The van der Waals surface area contributed by atoms with Crippen LogP contribution in [0.25, 0.3) is 10.6 Å². The van der Waals surface area contributed by atoms with Crippen molar-refractivity contribution in [3.05, 3.63) is 41.4 Å². The van der Waals surface area contributed by atoms with Crippen LogP contribution in [0.5, 0.6) is 0 Å². The zero-order valence-electron chi connectivity index (χ0n) is 15.1. The SMILES string of the molecule is C[C@@H]1CN(Cc2csc(-c3ccccc3)n2)C[C@H]1C(=O)N1CCOCC1. The van der Waals surface area contributed by atoms with Gasteiger partial charge in [0.2, 0.25) is 5.91 Å². The number of ether oxygens (including phenoxy) is 1. The van der Waals surface area contributed by atoms with Gasteiger partial charge in [-0.1, -0.05) is 37.3 Å². The number of morpholine rings is 1. The Bertz CT molecular complexity index is 743. The van der Waals surface area contributed by atoms with E-state index in [1.165, 1.54) is 5.56 Å². The van der Waals surface area contributed by atoms with Crippen molar-refractivity contribution in [3.8, 4) is 10.6 Å². The highest BCUT2D eigenvalue weighted by molar-refractivity contribution is 7.13. The molecular formula is C20H25N3O2S. The molecule has 0 unspecified atom stereocenters. The maximum absolute atomic E-state index is 12.8. The van der Waals surface area contributed by atoms with E-state index in [0.717, 1.165) is 43.4 Å². The normalized spacial score (nSPS) is 24.1. The Morgan fingerprint density at radius 2 is 2.00 bits per heavy atom. The maximum atomic E-state index is 12.8. The summed E-state index contributed by atoms with van der Waals surface area (Å²) in [5.74, 6) is 0.782. The summed E-state index contributed by atoms with van der Waals surface area (Å²) >= 11 is 1.69. The molecule has 26 heavy (non-hydrogen) atoms. The Labute approximate surface area is 158 Å². The lowest BCUT2D eigenvalue weighted by Gasteiger charge is -2.30.